The first-order valence-electron chi connectivity index (χ1n) is 4.74. The number of halogens is 2. The molecule has 1 atom stereocenters. The molecule has 16 heavy (non-hydrogen) atoms. The van der Waals surface area contributed by atoms with E-state index >= 15 is 0 Å². The fourth-order valence-corrected chi connectivity index (χ4v) is 2.81. The van der Waals surface area contributed by atoms with Gasteiger partial charge in [0, 0.05) is 21.8 Å². The number of nitrogens with one attached hydrogen (secondary N) is 2. The van der Waals surface area contributed by atoms with Crippen molar-refractivity contribution in [2.45, 2.75) is 6.04 Å². The summed E-state index contributed by atoms with van der Waals surface area (Å²) in [6, 6.07) is 5.23. The Bertz CT molecular complexity index is 410. The van der Waals surface area contributed by atoms with Crippen LogP contribution in [0.3, 0.4) is 0 Å². The van der Waals surface area contributed by atoms with Gasteiger partial charge in [-0.1, -0.05) is 11.6 Å². The zero-order valence-electron chi connectivity index (χ0n) is 8.30. The number of amides is 1. The third-order valence-electron chi connectivity index (χ3n) is 2.22. The molecule has 0 bridgehead atoms. The van der Waals surface area contributed by atoms with Crippen molar-refractivity contribution in [3.8, 4) is 0 Å². The molecule has 1 aliphatic heterocycles. The maximum Gasteiger partial charge on any atom is 0.242 e. The second kappa shape index (κ2) is 5.40. The highest BCUT2D eigenvalue weighted by molar-refractivity contribution is 9.10. The largest absolute Gasteiger partial charge is 0.325 e. The first kappa shape index (κ1) is 12.2. The molecule has 0 spiro atoms. The van der Waals surface area contributed by atoms with Crippen LogP contribution in [0.25, 0.3) is 0 Å². The molecule has 0 aromatic heterocycles. The number of thioether (sulfide) groups is 1. The van der Waals surface area contributed by atoms with Crippen LogP contribution in [0.15, 0.2) is 22.7 Å². The van der Waals surface area contributed by atoms with E-state index < -0.39 is 0 Å². The minimum Gasteiger partial charge on any atom is -0.325 e. The van der Waals surface area contributed by atoms with Crippen LogP contribution in [0.2, 0.25) is 5.02 Å². The van der Waals surface area contributed by atoms with Gasteiger partial charge in [-0.25, -0.2) is 0 Å². The fourth-order valence-electron chi connectivity index (χ4n) is 1.37. The third-order valence-corrected chi connectivity index (χ3v) is 4.37. The highest BCUT2D eigenvalue weighted by Crippen LogP contribution is 2.25. The third kappa shape index (κ3) is 2.91. The summed E-state index contributed by atoms with van der Waals surface area (Å²) in [6.07, 6.45) is 0. The molecule has 3 nitrogen and oxygen atoms in total. The van der Waals surface area contributed by atoms with Gasteiger partial charge in [0.05, 0.1) is 11.1 Å². The molecule has 1 fully saturated rings. The molecule has 2 N–H and O–H groups in total. The standard InChI is InChI=1S/C10H10BrClN2OS/c11-7-3-6(1-2-8(7)12)14-10(15)9-4-16-5-13-9/h1-3,9,13H,4-5H2,(H,14,15). The van der Waals surface area contributed by atoms with E-state index in [4.69, 9.17) is 11.6 Å². The summed E-state index contributed by atoms with van der Waals surface area (Å²) in [4.78, 5) is 11.8. The van der Waals surface area contributed by atoms with Gasteiger partial charge < -0.3 is 5.32 Å². The van der Waals surface area contributed by atoms with Gasteiger partial charge in [0.1, 0.15) is 0 Å². The van der Waals surface area contributed by atoms with Gasteiger partial charge in [-0.3, -0.25) is 10.1 Å². The number of anilines is 1. The van der Waals surface area contributed by atoms with Crippen LogP contribution in [0.5, 0.6) is 0 Å². The first-order valence-corrected chi connectivity index (χ1v) is 7.06. The lowest BCUT2D eigenvalue weighted by Gasteiger charge is -2.10. The second-order valence-corrected chi connectivity index (χ2v) is 5.68. The van der Waals surface area contributed by atoms with Crippen molar-refractivity contribution in [3.63, 3.8) is 0 Å². The Hall–Kier alpha value is -0.230. The molecular formula is C10H10BrClN2OS. The number of rotatable bonds is 2. The van der Waals surface area contributed by atoms with Crippen LogP contribution in [0.4, 0.5) is 5.69 Å². The summed E-state index contributed by atoms with van der Waals surface area (Å²) >= 11 is 10.9. The van der Waals surface area contributed by atoms with E-state index in [0.717, 1.165) is 21.8 Å². The molecular weight excluding hydrogens is 312 g/mol. The number of benzene rings is 1. The van der Waals surface area contributed by atoms with E-state index in [1.165, 1.54) is 0 Å². The van der Waals surface area contributed by atoms with E-state index in [2.05, 4.69) is 26.6 Å². The quantitative estimate of drug-likeness (QED) is 0.880. The average Bonchev–Trinajstić information content (AvgIpc) is 2.77. The summed E-state index contributed by atoms with van der Waals surface area (Å²) < 4.78 is 0.778. The maximum atomic E-state index is 11.8. The van der Waals surface area contributed by atoms with Crippen molar-refractivity contribution < 1.29 is 4.79 Å². The smallest absolute Gasteiger partial charge is 0.242 e. The number of carbonyl (C=O) groups is 1. The summed E-state index contributed by atoms with van der Waals surface area (Å²) in [6.45, 7) is 0. The molecule has 0 aliphatic carbocycles. The molecule has 1 heterocycles. The van der Waals surface area contributed by atoms with Crippen LogP contribution in [-0.4, -0.2) is 23.6 Å². The van der Waals surface area contributed by atoms with E-state index in [-0.39, 0.29) is 11.9 Å². The van der Waals surface area contributed by atoms with Crippen LogP contribution in [0, 0.1) is 0 Å². The Labute approximate surface area is 111 Å². The second-order valence-electron chi connectivity index (χ2n) is 3.39. The van der Waals surface area contributed by atoms with E-state index in [1.54, 1.807) is 30.0 Å². The minimum atomic E-state index is -0.0977. The monoisotopic (exact) mass is 320 g/mol. The maximum absolute atomic E-state index is 11.8. The lowest BCUT2D eigenvalue weighted by atomic mass is 10.2. The molecule has 1 aliphatic rings. The highest BCUT2D eigenvalue weighted by Gasteiger charge is 2.22. The van der Waals surface area contributed by atoms with Crippen LogP contribution >= 0.6 is 39.3 Å². The van der Waals surface area contributed by atoms with E-state index in [0.29, 0.717) is 5.02 Å². The Morgan fingerprint density at radius 2 is 2.44 bits per heavy atom. The van der Waals surface area contributed by atoms with Gasteiger partial charge in [0.2, 0.25) is 5.91 Å². The topological polar surface area (TPSA) is 41.1 Å². The minimum absolute atomic E-state index is 0.000720. The molecule has 1 unspecified atom stereocenters. The van der Waals surface area contributed by atoms with Crippen molar-refractivity contribution in [2.24, 2.45) is 0 Å². The van der Waals surface area contributed by atoms with Gasteiger partial charge in [-0.15, -0.1) is 11.8 Å². The summed E-state index contributed by atoms with van der Waals surface area (Å²) in [5.74, 6) is 1.66. The summed E-state index contributed by atoms with van der Waals surface area (Å²) in [7, 11) is 0. The summed E-state index contributed by atoms with van der Waals surface area (Å²) in [5.41, 5.74) is 0.750. The number of hydrogen-bond acceptors (Lipinski definition) is 3. The molecule has 86 valence electrons. The SMILES string of the molecule is O=C(Nc1ccc(Cl)c(Br)c1)C1CSCN1. The Kier molecular flexibility index (Phi) is 4.13. The van der Waals surface area contributed by atoms with E-state index in [9.17, 15) is 4.79 Å². The van der Waals surface area contributed by atoms with E-state index in [1.807, 2.05) is 0 Å². The van der Waals surface area contributed by atoms with Gasteiger partial charge in [0.15, 0.2) is 0 Å². The Balaban J connectivity index is 2.02. The first-order chi connectivity index (χ1) is 7.66. The number of hydrogen-bond donors (Lipinski definition) is 2. The molecule has 0 saturated carbocycles. The molecule has 1 aromatic carbocycles. The molecule has 6 heteroatoms. The Morgan fingerprint density at radius 3 is 3.06 bits per heavy atom. The van der Waals surface area contributed by atoms with Gasteiger partial charge in [-0.05, 0) is 34.1 Å². The van der Waals surface area contributed by atoms with Crippen molar-refractivity contribution >= 4 is 50.9 Å². The lowest BCUT2D eigenvalue weighted by molar-refractivity contribution is -0.117. The van der Waals surface area contributed by atoms with Gasteiger partial charge in [0.25, 0.3) is 0 Å². The van der Waals surface area contributed by atoms with Crippen molar-refractivity contribution in [1.82, 2.24) is 5.32 Å². The van der Waals surface area contributed by atoms with Crippen molar-refractivity contribution in [3.05, 3.63) is 27.7 Å². The zero-order chi connectivity index (χ0) is 11.5. The van der Waals surface area contributed by atoms with Crippen molar-refractivity contribution in [1.29, 1.82) is 0 Å². The molecule has 0 radical (unpaired) electrons. The van der Waals surface area contributed by atoms with Crippen molar-refractivity contribution in [2.75, 3.05) is 16.9 Å². The van der Waals surface area contributed by atoms with Gasteiger partial charge >= 0.3 is 0 Å². The van der Waals surface area contributed by atoms with Gasteiger partial charge in [-0.2, -0.15) is 0 Å². The molecule has 1 saturated heterocycles. The average molecular weight is 322 g/mol. The molecule has 2 rings (SSSR count). The highest BCUT2D eigenvalue weighted by atomic mass is 79.9. The number of carbonyl (C=O) groups excluding carboxylic acids is 1. The van der Waals surface area contributed by atoms with Crippen LogP contribution in [0.1, 0.15) is 0 Å². The predicted molar refractivity (Wildman–Crippen MR) is 72.0 cm³/mol. The predicted octanol–water partition coefficient (Wildman–Crippen LogP) is 2.70. The zero-order valence-corrected chi connectivity index (χ0v) is 11.5. The normalized spacial score (nSPS) is 19.8. The lowest BCUT2D eigenvalue weighted by Crippen LogP contribution is -2.37. The molecule has 1 amide bonds. The molecule has 1 aromatic rings. The Morgan fingerprint density at radius 1 is 1.62 bits per heavy atom. The van der Waals surface area contributed by atoms with Crippen LogP contribution in [-0.2, 0) is 4.79 Å². The summed E-state index contributed by atoms with van der Waals surface area (Å²) in [5, 5.41) is 6.60. The fraction of sp³-hybridized carbons (Fsp3) is 0.300. The van der Waals surface area contributed by atoms with Crippen LogP contribution < -0.4 is 10.6 Å².